The second kappa shape index (κ2) is 9.30. The van der Waals surface area contributed by atoms with Crippen molar-refractivity contribution in [3.05, 3.63) is 88.5 Å². The van der Waals surface area contributed by atoms with Crippen LogP contribution in [0.2, 0.25) is 0 Å². The topological polar surface area (TPSA) is 84.1 Å². The van der Waals surface area contributed by atoms with Crippen LogP contribution in [0.15, 0.2) is 54.9 Å². The van der Waals surface area contributed by atoms with E-state index in [4.69, 9.17) is 5.73 Å². The Morgan fingerprint density at radius 2 is 1.80 bits per heavy atom. The van der Waals surface area contributed by atoms with Gasteiger partial charge in [0, 0.05) is 19.3 Å². The van der Waals surface area contributed by atoms with Gasteiger partial charge in [0.1, 0.15) is 0 Å². The first-order valence-corrected chi connectivity index (χ1v) is 11.3. The highest BCUT2D eigenvalue weighted by atomic mass is 19.4. The summed E-state index contributed by atoms with van der Waals surface area (Å²) in [6.45, 7) is 7.60. The summed E-state index contributed by atoms with van der Waals surface area (Å²) in [5.41, 5.74) is 9.12. The van der Waals surface area contributed by atoms with E-state index in [0.717, 1.165) is 29.0 Å². The molecule has 184 valence electrons. The summed E-state index contributed by atoms with van der Waals surface area (Å²) in [7, 11) is 0. The number of carbonyl (C=O) groups is 1. The van der Waals surface area contributed by atoms with Crippen molar-refractivity contribution in [3.63, 3.8) is 0 Å². The fraction of sp³-hybridized carbons (Fsp3) is 0.346. The minimum absolute atomic E-state index is 0.0455. The Kier molecular flexibility index (Phi) is 6.55. The highest BCUT2D eigenvalue weighted by Crippen LogP contribution is 2.45. The zero-order valence-corrected chi connectivity index (χ0v) is 19.9. The van der Waals surface area contributed by atoms with E-state index in [1.165, 1.54) is 18.3 Å². The van der Waals surface area contributed by atoms with E-state index in [9.17, 15) is 18.0 Å². The Hall–Kier alpha value is -3.46. The molecule has 35 heavy (non-hydrogen) atoms. The quantitative estimate of drug-likeness (QED) is 0.527. The molecule has 4 rings (SSSR count). The number of alkyl halides is 3. The fourth-order valence-corrected chi connectivity index (χ4v) is 4.45. The largest absolute Gasteiger partial charge is 0.416 e. The molecule has 9 heteroatoms. The lowest BCUT2D eigenvalue weighted by Crippen LogP contribution is -2.31. The number of rotatable bonds is 5. The van der Waals surface area contributed by atoms with Gasteiger partial charge in [0.25, 0.3) is 5.91 Å². The van der Waals surface area contributed by atoms with Gasteiger partial charge < -0.3 is 11.1 Å². The lowest BCUT2D eigenvalue weighted by atomic mass is 9.84. The molecule has 1 aliphatic heterocycles. The van der Waals surface area contributed by atoms with Gasteiger partial charge in [0.15, 0.2) is 0 Å². The molecule has 1 atom stereocenters. The molecule has 1 aliphatic rings. The smallest absolute Gasteiger partial charge is 0.397 e. The van der Waals surface area contributed by atoms with Crippen LogP contribution < -0.4 is 11.1 Å². The van der Waals surface area contributed by atoms with Crippen LogP contribution in [0.1, 0.15) is 65.2 Å². The third-order valence-electron chi connectivity index (χ3n) is 6.03. The highest BCUT2D eigenvalue weighted by Gasteiger charge is 2.40. The number of fused-ring (bicyclic) bond motifs is 1. The molecule has 0 bridgehead atoms. The van der Waals surface area contributed by atoms with Crippen LogP contribution in [0, 0.1) is 5.41 Å². The zero-order chi connectivity index (χ0) is 25.4. The number of benzene rings is 1. The van der Waals surface area contributed by atoms with Gasteiger partial charge in [-0.3, -0.25) is 19.7 Å². The molecular formula is C26H28F3N5O. The summed E-state index contributed by atoms with van der Waals surface area (Å²) in [6, 6.07) is 10.5. The van der Waals surface area contributed by atoms with E-state index >= 15 is 0 Å². The van der Waals surface area contributed by atoms with Crippen molar-refractivity contribution in [2.75, 3.05) is 5.73 Å². The second-order valence-corrected chi connectivity index (χ2v) is 9.90. The van der Waals surface area contributed by atoms with Crippen LogP contribution in [0.25, 0.3) is 0 Å². The van der Waals surface area contributed by atoms with Crippen molar-refractivity contribution in [2.24, 2.45) is 5.41 Å². The molecule has 3 heterocycles. The maximum atomic E-state index is 12.9. The van der Waals surface area contributed by atoms with Crippen molar-refractivity contribution in [1.29, 1.82) is 0 Å². The van der Waals surface area contributed by atoms with Gasteiger partial charge in [-0.15, -0.1) is 0 Å². The highest BCUT2D eigenvalue weighted by molar-refractivity contribution is 5.94. The van der Waals surface area contributed by atoms with Crippen molar-refractivity contribution < 1.29 is 18.0 Å². The van der Waals surface area contributed by atoms with E-state index in [0.29, 0.717) is 30.0 Å². The average Bonchev–Trinajstić information content (AvgIpc) is 3.15. The van der Waals surface area contributed by atoms with E-state index < -0.39 is 11.7 Å². The summed E-state index contributed by atoms with van der Waals surface area (Å²) in [4.78, 5) is 23.8. The van der Waals surface area contributed by atoms with Crippen molar-refractivity contribution in [3.8, 4) is 0 Å². The number of nitrogens with zero attached hydrogens (tertiary/aromatic N) is 3. The number of pyridine rings is 2. The summed E-state index contributed by atoms with van der Waals surface area (Å²) in [5.74, 6) is -0.257. The summed E-state index contributed by atoms with van der Waals surface area (Å²) in [5, 5.41) is 2.85. The van der Waals surface area contributed by atoms with Crippen LogP contribution in [-0.2, 0) is 25.8 Å². The first kappa shape index (κ1) is 24.7. The third kappa shape index (κ3) is 5.62. The number of carbonyl (C=O) groups excluding carboxylic acids is 1. The van der Waals surface area contributed by atoms with Gasteiger partial charge >= 0.3 is 6.18 Å². The molecular weight excluding hydrogens is 455 g/mol. The van der Waals surface area contributed by atoms with E-state index in [1.54, 1.807) is 18.3 Å². The van der Waals surface area contributed by atoms with Crippen LogP contribution in [-0.4, -0.2) is 20.8 Å². The van der Waals surface area contributed by atoms with E-state index in [-0.39, 0.29) is 23.9 Å². The predicted octanol–water partition coefficient (Wildman–Crippen LogP) is 5.11. The standard InChI is InChI=1S/C26H28F3N5O/c1-25(2,3)23-22-18(15-34(23)14-16-4-6-19(7-5-16)26(27,28)29)10-17(11-32-22)24(35)33-13-21-9-8-20(30)12-31-21/h4-12,23H,13-15,30H2,1-3H3,(H,33,35). The Morgan fingerprint density at radius 3 is 2.40 bits per heavy atom. The van der Waals surface area contributed by atoms with Crippen molar-refractivity contribution >= 4 is 11.6 Å². The molecule has 1 amide bonds. The second-order valence-electron chi connectivity index (χ2n) is 9.90. The minimum Gasteiger partial charge on any atom is -0.397 e. The number of anilines is 1. The van der Waals surface area contributed by atoms with E-state index in [1.807, 2.05) is 6.07 Å². The molecule has 1 aromatic carbocycles. The molecule has 3 aromatic rings. The molecule has 0 fully saturated rings. The van der Waals surface area contributed by atoms with Gasteiger partial charge in [-0.1, -0.05) is 32.9 Å². The molecule has 0 saturated heterocycles. The Bertz CT molecular complexity index is 1200. The number of halogens is 3. The fourth-order valence-electron chi connectivity index (χ4n) is 4.45. The monoisotopic (exact) mass is 483 g/mol. The summed E-state index contributed by atoms with van der Waals surface area (Å²) in [6.07, 6.45) is -1.25. The summed E-state index contributed by atoms with van der Waals surface area (Å²) < 4.78 is 38.8. The molecule has 6 nitrogen and oxygen atoms in total. The number of hydrogen-bond donors (Lipinski definition) is 2. The SMILES string of the molecule is CC(C)(C)C1c2ncc(C(=O)NCc3ccc(N)cn3)cc2CN1Cc1ccc(C(F)(F)F)cc1. The predicted molar refractivity (Wildman–Crippen MR) is 127 cm³/mol. The summed E-state index contributed by atoms with van der Waals surface area (Å²) >= 11 is 0. The lowest BCUT2D eigenvalue weighted by Gasteiger charge is -2.35. The zero-order valence-electron chi connectivity index (χ0n) is 19.9. The van der Waals surface area contributed by atoms with Gasteiger partial charge in [-0.2, -0.15) is 13.2 Å². The first-order valence-electron chi connectivity index (χ1n) is 11.3. The maximum Gasteiger partial charge on any atom is 0.416 e. The van der Waals surface area contributed by atoms with Gasteiger partial charge in [-0.05, 0) is 46.9 Å². The molecule has 0 spiro atoms. The van der Waals surface area contributed by atoms with Crippen molar-refractivity contribution in [2.45, 2.75) is 52.6 Å². The molecule has 1 unspecified atom stereocenters. The third-order valence-corrected chi connectivity index (χ3v) is 6.03. The van der Waals surface area contributed by atoms with Gasteiger partial charge in [-0.25, -0.2) is 0 Å². The number of nitrogens with two attached hydrogens (primary N) is 1. The first-order chi connectivity index (χ1) is 16.4. The molecule has 0 aliphatic carbocycles. The molecule has 3 N–H and O–H groups in total. The Labute approximate surface area is 202 Å². The maximum absolute atomic E-state index is 12.9. The Morgan fingerprint density at radius 1 is 1.09 bits per heavy atom. The van der Waals surface area contributed by atoms with Crippen molar-refractivity contribution in [1.82, 2.24) is 20.2 Å². The van der Waals surface area contributed by atoms with Gasteiger partial charge in [0.05, 0.1) is 47.0 Å². The van der Waals surface area contributed by atoms with E-state index in [2.05, 4.69) is 41.0 Å². The van der Waals surface area contributed by atoms with Crippen LogP contribution in [0.3, 0.4) is 0 Å². The molecule has 2 aromatic heterocycles. The Balaban J connectivity index is 1.51. The van der Waals surface area contributed by atoms with Crippen LogP contribution in [0.4, 0.5) is 18.9 Å². The normalized spacial score (nSPS) is 16.2. The number of amides is 1. The van der Waals surface area contributed by atoms with Crippen LogP contribution in [0.5, 0.6) is 0 Å². The number of aromatic nitrogens is 2. The lowest BCUT2D eigenvalue weighted by molar-refractivity contribution is -0.137. The minimum atomic E-state index is -4.36. The van der Waals surface area contributed by atoms with Gasteiger partial charge in [0.2, 0.25) is 0 Å². The molecule has 0 radical (unpaired) electrons. The van der Waals surface area contributed by atoms with Crippen LogP contribution >= 0.6 is 0 Å². The number of nitrogen functional groups attached to an aromatic ring is 1. The number of nitrogens with one attached hydrogen (secondary N) is 1. The number of hydrogen-bond acceptors (Lipinski definition) is 5. The average molecular weight is 484 g/mol. The molecule has 0 saturated carbocycles.